The molecule has 1 heterocycles. The highest BCUT2D eigenvalue weighted by atomic mass is 16.5. The van der Waals surface area contributed by atoms with Gasteiger partial charge in [-0.15, -0.1) is 0 Å². The van der Waals surface area contributed by atoms with Gasteiger partial charge in [0.1, 0.15) is 0 Å². The smallest absolute Gasteiger partial charge is 0.0642 e. The second-order valence-corrected chi connectivity index (χ2v) is 3.98. The monoisotopic (exact) mass is 230 g/mol. The molecule has 0 bridgehead atoms. The molecule has 1 aliphatic heterocycles. The van der Waals surface area contributed by atoms with Gasteiger partial charge >= 0.3 is 0 Å². The number of nitrogens with zero attached hydrogens (tertiary/aromatic N) is 1. The van der Waals surface area contributed by atoms with E-state index < -0.39 is 0 Å². The van der Waals surface area contributed by atoms with E-state index >= 15 is 0 Å². The van der Waals surface area contributed by atoms with Gasteiger partial charge in [-0.25, -0.2) is 0 Å². The normalized spacial score (nSPS) is 15.2. The largest absolute Gasteiger partial charge is 0.378 e. The molecule has 0 unspecified atom stereocenters. The average Bonchev–Trinajstić information content (AvgIpc) is 2.41. The Morgan fingerprint density at radius 2 is 2.18 bits per heavy atom. The molecule has 17 heavy (non-hydrogen) atoms. The minimum atomic E-state index is 0.724. The highest BCUT2D eigenvalue weighted by Gasteiger charge is 2.10. The Morgan fingerprint density at radius 3 is 2.94 bits per heavy atom. The number of morpholine rings is 1. The highest BCUT2D eigenvalue weighted by Crippen LogP contribution is 2.16. The molecule has 3 heteroatoms. The predicted octanol–water partition coefficient (Wildman–Crippen LogP) is 1.09. The molecule has 0 aliphatic carbocycles. The number of hydrogen-bond donors (Lipinski definition) is 1. The second kappa shape index (κ2) is 6.29. The van der Waals surface area contributed by atoms with E-state index in [0.717, 1.165) is 38.4 Å². The molecule has 90 valence electrons. The van der Waals surface area contributed by atoms with Crippen LogP contribution in [0, 0.1) is 11.8 Å². The van der Waals surface area contributed by atoms with Crippen LogP contribution >= 0.6 is 0 Å². The Balaban J connectivity index is 2.08. The van der Waals surface area contributed by atoms with Gasteiger partial charge in [0.2, 0.25) is 0 Å². The third kappa shape index (κ3) is 3.48. The number of rotatable bonds is 2. The molecule has 0 saturated carbocycles. The lowest BCUT2D eigenvalue weighted by molar-refractivity contribution is 0.122. The van der Waals surface area contributed by atoms with Crippen molar-refractivity contribution in [2.24, 2.45) is 0 Å². The SMILES string of the molecule is CNCC#Cc1cccc(N2CCOCC2)c1. The minimum Gasteiger partial charge on any atom is -0.378 e. The van der Waals surface area contributed by atoms with E-state index in [1.54, 1.807) is 0 Å². The molecule has 1 saturated heterocycles. The maximum atomic E-state index is 5.35. The molecule has 0 radical (unpaired) electrons. The predicted molar refractivity (Wildman–Crippen MR) is 70.3 cm³/mol. The van der Waals surface area contributed by atoms with Crippen molar-refractivity contribution < 1.29 is 4.74 Å². The van der Waals surface area contributed by atoms with Crippen molar-refractivity contribution in [3.63, 3.8) is 0 Å². The number of anilines is 1. The van der Waals surface area contributed by atoms with Gasteiger partial charge in [-0.05, 0) is 25.2 Å². The Morgan fingerprint density at radius 1 is 1.35 bits per heavy atom. The summed E-state index contributed by atoms with van der Waals surface area (Å²) < 4.78 is 5.35. The van der Waals surface area contributed by atoms with Crippen LogP contribution in [0.4, 0.5) is 5.69 Å². The molecule has 1 fully saturated rings. The Bertz CT molecular complexity index is 414. The zero-order valence-electron chi connectivity index (χ0n) is 10.2. The number of nitrogens with one attached hydrogen (secondary N) is 1. The summed E-state index contributed by atoms with van der Waals surface area (Å²) in [7, 11) is 1.90. The van der Waals surface area contributed by atoms with Gasteiger partial charge in [-0.1, -0.05) is 17.9 Å². The van der Waals surface area contributed by atoms with E-state index in [2.05, 4.69) is 40.3 Å². The molecule has 0 spiro atoms. The topological polar surface area (TPSA) is 24.5 Å². The molecule has 3 nitrogen and oxygen atoms in total. The summed E-state index contributed by atoms with van der Waals surface area (Å²) in [5, 5.41) is 3.02. The summed E-state index contributed by atoms with van der Waals surface area (Å²) in [5.41, 5.74) is 2.31. The van der Waals surface area contributed by atoms with Gasteiger partial charge in [0.25, 0.3) is 0 Å². The van der Waals surface area contributed by atoms with Crippen LogP contribution in [0.25, 0.3) is 0 Å². The van der Waals surface area contributed by atoms with Crippen LogP contribution < -0.4 is 10.2 Å². The van der Waals surface area contributed by atoms with E-state index in [1.807, 2.05) is 13.1 Å². The molecule has 1 N–H and O–H groups in total. The fraction of sp³-hybridized carbons (Fsp3) is 0.429. The summed E-state index contributed by atoms with van der Waals surface area (Å²) in [5.74, 6) is 6.23. The maximum absolute atomic E-state index is 5.35. The first kappa shape index (κ1) is 12.0. The maximum Gasteiger partial charge on any atom is 0.0642 e. The van der Waals surface area contributed by atoms with Gasteiger partial charge < -0.3 is 15.0 Å². The van der Waals surface area contributed by atoms with Gasteiger partial charge in [0.05, 0.1) is 19.8 Å². The van der Waals surface area contributed by atoms with Gasteiger partial charge in [0, 0.05) is 24.3 Å². The van der Waals surface area contributed by atoms with Crippen molar-refractivity contribution >= 4 is 5.69 Å². The number of ether oxygens (including phenoxy) is 1. The molecule has 0 atom stereocenters. The van der Waals surface area contributed by atoms with E-state index in [1.165, 1.54) is 5.69 Å². The molecule has 1 aromatic rings. The Labute approximate surface area is 103 Å². The summed E-state index contributed by atoms with van der Waals surface area (Å²) >= 11 is 0. The number of hydrogen-bond acceptors (Lipinski definition) is 3. The first-order valence-electron chi connectivity index (χ1n) is 5.96. The van der Waals surface area contributed by atoms with Gasteiger partial charge in [-0.3, -0.25) is 0 Å². The molecule has 1 aliphatic rings. The summed E-state index contributed by atoms with van der Waals surface area (Å²) in [6, 6.07) is 8.39. The Hall–Kier alpha value is -1.50. The van der Waals surface area contributed by atoms with Crippen molar-refractivity contribution in [1.29, 1.82) is 0 Å². The van der Waals surface area contributed by atoms with Crippen LogP contribution in [0.5, 0.6) is 0 Å². The first-order chi connectivity index (χ1) is 8.40. The minimum absolute atomic E-state index is 0.724. The zero-order chi connectivity index (χ0) is 11.9. The fourth-order valence-electron chi connectivity index (χ4n) is 1.84. The Kier molecular flexibility index (Phi) is 4.43. The zero-order valence-corrected chi connectivity index (χ0v) is 10.2. The molecule has 0 amide bonds. The van der Waals surface area contributed by atoms with Crippen LogP contribution in [0.15, 0.2) is 24.3 Å². The molecule has 0 aromatic heterocycles. The average molecular weight is 230 g/mol. The quantitative estimate of drug-likeness (QED) is 0.770. The summed E-state index contributed by atoms with van der Waals surface area (Å²) in [6.45, 7) is 4.29. The third-order valence-electron chi connectivity index (χ3n) is 2.72. The van der Waals surface area contributed by atoms with E-state index in [4.69, 9.17) is 4.74 Å². The van der Waals surface area contributed by atoms with Crippen molar-refractivity contribution in [2.75, 3.05) is 44.8 Å². The summed E-state index contributed by atoms with van der Waals surface area (Å²) in [4.78, 5) is 2.34. The fourth-order valence-corrected chi connectivity index (χ4v) is 1.84. The van der Waals surface area contributed by atoms with Crippen molar-refractivity contribution in [3.05, 3.63) is 29.8 Å². The highest BCUT2D eigenvalue weighted by molar-refractivity contribution is 5.52. The number of benzene rings is 1. The van der Waals surface area contributed by atoms with Crippen LogP contribution in [0.2, 0.25) is 0 Å². The van der Waals surface area contributed by atoms with Gasteiger partial charge in [-0.2, -0.15) is 0 Å². The lowest BCUT2D eigenvalue weighted by Crippen LogP contribution is -2.36. The van der Waals surface area contributed by atoms with Crippen LogP contribution in [-0.2, 0) is 4.74 Å². The molecule has 1 aromatic carbocycles. The van der Waals surface area contributed by atoms with E-state index in [0.29, 0.717) is 0 Å². The second-order valence-electron chi connectivity index (χ2n) is 3.98. The van der Waals surface area contributed by atoms with Crippen LogP contribution in [0.3, 0.4) is 0 Å². The molecular formula is C14H18N2O. The molecular weight excluding hydrogens is 212 g/mol. The third-order valence-corrected chi connectivity index (χ3v) is 2.72. The van der Waals surface area contributed by atoms with E-state index in [9.17, 15) is 0 Å². The van der Waals surface area contributed by atoms with E-state index in [-0.39, 0.29) is 0 Å². The van der Waals surface area contributed by atoms with Crippen LogP contribution in [-0.4, -0.2) is 39.9 Å². The van der Waals surface area contributed by atoms with Crippen molar-refractivity contribution in [3.8, 4) is 11.8 Å². The lowest BCUT2D eigenvalue weighted by atomic mass is 10.2. The van der Waals surface area contributed by atoms with Crippen molar-refractivity contribution in [2.45, 2.75) is 0 Å². The first-order valence-corrected chi connectivity index (χ1v) is 5.96. The van der Waals surface area contributed by atoms with Crippen LogP contribution in [0.1, 0.15) is 5.56 Å². The standard InChI is InChI=1S/C14H18N2O/c1-15-7-3-5-13-4-2-6-14(12-13)16-8-10-17-11-9-16/h2,4,6,12,15H,7-11H2,1H3. The van der Waals surface area contributed by atoms with Gasteiger partial charge in [0.15, 0.2) is 0 Å². The molecule has 2 rings (SSSR count). The summed E-state index contributed by atoms with van der Waals surface area (Å²) in [6.07, 6.45) is 0. The van der Waals surface area contributed by atoms with Crippen molar-refractivity contribution in [1.82, 2.24) is 5.32 Å². The lowest BCUT2D eigenvalue weighted by Gasteiger charge is -2.28.